The van der Waals surface area contributed by atoms with Crippen LogP contribution >= 0.6 is 0 Å². The topological polar surface area (TPSA) is 61.6 Å². The summed E-state index contributed by atoms with van der Waals surface area (Å²) in [5.74, 6) is 0.602. The molecule has 0 bridgehead atoms. The summed E-state index contributed by atoms with van der Waals surface area (Å²) in [5.41, 5.74) is 2.52. The average molecular weight is 266 g/mol. The van der Waals surface area contributed by atoms with E-state index < -0.39 is 5.54 Å². The predicted octanol–water partition coefficient (Wildman–Crippen LogP) is 3.42. The highest BCUT2D eigenvalue weighted by Gasteiger charge is 2.16. The predicted molar refractivity (Wildman–Crippen MR) is 80.2 cm³/mol. The van der Waals surface area contributed by atoms with E-state index in [1.54, 1.807) is 13.8 Å². The van der Waals surface area contributed by atoms with Crippen molar-refractivity contribution < 1.29 is 0 Å². The number of nitrogens with one attached hydrogen (secondary N) is 1. The van der Waals surface area contributed by atoms with Gasteiger partial charge in [-0.2, -0.15) is 5.26 Å². The first kappa shape index (κ1) is 14.0. The van der Waals surface area contributed by atoms with Crippen molar-refractivity contribution in [1.29, 1.82) is 5.26 Å². The molecule has 0 aliphatic heterocycles. The van der Waals surface area contributed by atoms with E-state index in [0.717, 1.165) is 17.7 Å². The zero-order chi connectivity index (χ0) is 14.6. The summed E-state index contributed by atoms with van der Waals surface area (Å²) < 4.78 is 0. The lowest BCUT2D eigenvalue weighted by atomic mass is 10.1. The number of anilines is 1. The molecule has 0 radical (unpaired) electrons. The lowest BCUT2D eigenvalue weighted by Crippen LogP contribution is -2.29. The molecule has 0 spiro atoms. The summed E-state index contributed by atoms with van der Waals surface area (Å²) in [6.07, 6.45) is 1.03. The van der Waals surface area contributed by atoms with Gasteiger partial charge in [0.05, 0.1) is 11.8 Å². The van der Waals surface area contributed by atoms with E-state index in [1.807, 2.05) is 12.1 Å². The van der Waals surface area contributed by atoms with Crippen molar-refractivity contribution >= 4 is 5.82 Å². The van der Waals surface area contributed by atoms with Crippen LogP contribution in [-0.4, -0.2) is 15.7 Å². The molecule has 0 saturated heterocycles. The Morgan fingerprint density at radius 3 is 2.30 bits per heavy atom. The first-order chi connectivity index (χ1) is 9.54. The van der Waals surface area contributed by atoms with E-state index in [-0.39, 0.29) is 0 Å². The van der Waals surface area contributed by atoms with Gasteiger partial charge in [0.2, 0.25) is 0 Å². The smallest absolute Gasteiger partial charge is 0.149 e. The third kappa shape index (κ3) is 3.33. The molecule has 1 aromatic heterocycles. The summed E-state index contributed by atoms with van der Waals surface area (Å²) in [6, 6.07) is 14.2. The Bertz CT molecular complexity index is 606. The Balaban J connectivity index is 2.17. The highest BCUT2D eigenvalue weighted by atomic mass is 15.2. The zero-order valence-electron chi connectivity index (χ0n) is 12.0. The van der Waals surface area contributed by atoms with Crippen LogP contribution in [0.25, 0.3) is 11.3 Å². The van der Waals surface area contributed by atoms with E-state index in [4.69, 9.17) is 5.26 Å². The number of hydrogen-bond donors (Lipinski definition) is 1. The van der Waals surface area contributed by atoms with Crippen LogP contribution in [0.4, 0.5) is 5.82 Å². The van der Waals surface area contributed by atoms with Crippen molar-refractivity contribution in [1.82, 2.24) is 10.2 Å². The molecule has 0 saturated carbocycles. The molecule has 0 amide bonds. The molecule has 2 aromatic rings. The molecule has 1 aromatic carbocycles. The second-order valence-corrected chi connectivity index (χ2v) is 5.22. The third-order valence-electron chi connectivity index (χ3n) is 3.04. The fourth-order valence-electron chi connectivity index (χ4n) is 1.81. The molecule has 4 nitrogen and oxygen atoms in total. The molecule has 4 heteroatoms. The van der Waals surface area contributed by atoms with Crippen LogP contribution in [0.3, 0.4) is 0 Å². The van der Waals surface area contributed by atoms with Crippen molar-refractivity contribution in [3.05, 3.63) is 42.0 Å². The summed E-state index contributed by atoms with van der Waals surface area (Å²) >= 11 is 0. The lowest BCUT2D eigenvalue weighted by molar-refractivity contribution is 0.719. The molecular formula is C16H18N4. The van der Waals surface area contributed by atoms with Crippen LogP contribution in [-0.2, 0) is 6.42 Å². The van der Waals surface area contributed by atoms with Crippen molar-refractivity contribution in [2.24, 2.45) is 0 Å². The van der Waals surface area contributed by atoms with E-state index >= 15 is 0 Å². The first-order valence-corrected chi connectivity index (χ1v) is 6.66. The number of aromatic nitrogens is 2. The van der Waals surface area contributed by atoms with Gasteiger partial charge in [0, 0.05) is 5.56 Å². The van der Waals surface area contributed by atoms with Gasteiger partial charge in [-0.1, -0.05) is 31.2 Å². The number of nitrogens with zero attached hydrogens (tertiary/aromatic N) is 3. The van der Waals surface area contributed by atoms with Crippen LogP contribution in [0.2, 0.25) is 0 Å². The molecule has 2 rings (SSSR count). The van der Waals surface area contributed by atoms with Gasteiger partial charge in [-0.3, -0.25) is 0 Å². The van der Waals surface area contributed by atoms with E-state index in [0.29, 0.717) is 5.82 Å². The minimum atomic E-state index is -0.654. The second kappa shape index (κ2) is 5.70. The van der Waals surface area contributed by atoms with Crippen LogP contribution < -0.4 is 5.32 Å². The maximum atomic E-state index is 8.98. The molecule has 0 fully saturated rings. The van der Waals surface area contributed by atoms with Gasteiger partial charge in [0.1, 0.15) is 11.4 Å². The average Bonchev–Trinajstić information content (AvgIpc) is 2.48. The lowest BCUT2D eigenvalue weighted by Gasteiger charge is -2.17. The van der Waals surface area contributed by atoms with E-state index in [2.05, 4.69) is 52.8 Å². The molecule has 102 valence electrons. The van der Waals surface area contributed by atoms with Gasteiger partial charge in [0.15, 0.2) is 0 Å². The molecule has 0 atom stereocenters. The van der Waals surface area contributed by atoms with E-state index in [9.17, 15) is 0 Å². The number of nitriles is 1. The Labute approximate surface area is 119 Å². The normalized spacial score (nSPS) is 10.9. The van der Waals surface area contributed by atoms with Gasteiger partial charge in [0.25, 0.3) is 0 Å². The van der Waals surface area contributed by atoms with Crippen molar-refractivity contribution in [2.75, 3.05) is 5.32 Å². The van der Waals surface area contributed by atoms with Gasteiger partial charge in [-0.25, -0.2) is 0 Å². The Kier molecular flexibility index (Phi) is 3.99. The maximum absolute atomic E-state index is 8.98. The number of hydrogen-bond acceptors (Lipinski definition) is 4. The second-order valence-electron chi connectivity index (χ2n) is 5.22. The van der Waals surface area contributed by atoms with Gasteiger partial charge in [-0.05, 0) is 38.0 Å². The van der Waals surface area contributed by atoms with Gasteiger partial charge >= 0.3 is 0 Å². The molecule has 0 aliphatic carbocycles. The minimum absolute atomic E-state index is 0.602. The summed E-state index contributed by atoms with van der Waals surface area (Å²) in [4.78, 5) is 0. The zero-order valence-corrected chi connectivity index (χ0v) is 12.0. The Hall–Kier alpha value is -2.41. The first-order valence-electron chi connectivity index (χ1n) is 6.66. The number of rotatable bonds is 4. The minimum Gasteiger partial charge on any atom is -0.351 e. The highest BCUT2D eigenvalue weighted by molar-refractivity contribution is 5.60. The van der Waals surface area contributed by atoms with Gasteiger partial charge < -0.3 is 5.32 Å². The van der Waals surface area contributed by atoms with Crippen LogP contribution in [0.15, 0.2) is 36.4 Å². The third-order valence-corrected chi connectivity index (χ3v) is 3.04. The molecule has 0 aliphatic rings. The Morgan fingerprint density at radius 1 is 1.10 bits per heavy atom. The highest BCUT2D eigenvalue weighted by Crippen LogP contribution is 2.19. The number of benzene rings is 1. The van der Waals surface area contributed by atoms with Crippen molar-refractivity contribution in [3.8, 4) is 17.3 Å². The quantitative estimate of drug-likeness (QED) is 0.921. The standard InChI is InChI=1S/C16H18N4/c1-4-12-5-7-13(8-6-12)14-9-10-15(20-19-14)18-16(2,3)11-17/h5-10H,4H2,1-3H3,(H,18,20). The van der Waals surface area contributed by atoms with Crippen LogP contribution in [0.5, 0.6) is 0 Å². The molecular weight excluding hydrogens is 248 g/mol. The summed E-state index contributed by atoms with van der Waals surface area (Å²) in [5, 5.41) is 20.3. The SMILES string of the molecule is CCc1ccc(-c2ccc(NC(C)(C)C#N)nn2)cc1. The van der Waals surface area contributed by atoms with Gasteiger partial charge in [-0.15, -0.1) is 10.2 Å². The largest absolute Gasteiger partial charge is 0.351 e. The molecule has 0 unspecified atom stereocenters. The molecule has 20 heavy (non-hydrogen) atoms. The number of aryl methyl sites for hydroxylation is 1. The van der Waals surface area contributed by atoms with Crippen molar-refractivity contribution in [2.45, 2.75) is 32.7 Å². The van der Waals surface area contributed by atoms with Crippen LogP contribution in [0.1, 0.15) is 26.3 Å². The van der Waals surface area contributed by atoms with Crippen LogP contribution in [0, 0.1) is 11.3 Å². The molecule has 1 heterocycles. The fraction of sp³-hybridized carbons (Fsp3) is 0.312. The summed E-state index contributed by atoms with van der Waals surface area (Å²) in [7, 11) is 0. The van der Waals surface area contributed by atoms with Crippen molar-refractivity contribution in [3.63, 3.8) is 0 Å². The monoisotopic (exact) mass is 266 g/mol. The maximum Gasteiger partial charge on any atom is 0.149 e. The van der Waals surface area contributed by atoms with E-state index in [1.165, 1.54) is 5.56 Å². The Morgan fingerprint density at radius 2 is 1.80 bits per heavy atom. The fourth-order valence-corrected chi connectivity index (χ4v) is 1.81. The summed E-state index contributed by atoms with van der Waals surface area (Å²) in [6.45, 7) is 5.73. The molecule has 1 N–H and O–H groups in total.